The predicted octanol–water partition coefficient (Wildman–Crippen LogP) is 4.75. The molecule has 2 aromatic rings. The maximum Gasteiger partial charge on any atom is 0.408 e. The number of amides is 3. The Balaban J connectivity index is 2.40. The highest BCUT2D eigenvalue weighted by molar-refractivity contribution is 5.99. The summed E-state index contributed by atoms with van der Waals surface area (Å²) in [6, 6.07) is 11.5. The van der Waals surface area contributed by atoms with Gasteiger partial charge in [0.05, 0.1) is 7.11 Å². The average Bonchev–Trinajstić information content (AvgIpc) is 2.75. The van der Waals surface area contributed by atoms with Crippen LogP contribution in [0.25, 0.3) is 0 Å². The fraction of sp³-hybridized carbons (Fsp3) is 0.444. The number of rotatable bonds is 8. The summed E-state index contributed by atoms with van der Waals surface area (Å²) >= 11 is 0. The Hall–Kier alpha value is -3.55. The number of methoxy groups -OCH3 is 1. The molecule has 0 fully saturated rings. The predicted molar refractivity (Wildman–Crippen MR) is 136 cm³/mol. The lowest BCUT2D eigenvalue weighted by Crippen LogP contribution is -2.49. The maximum absolute atomic E-state index is 13.7. The van der Waals surface area contributed by atoms with Crippen LogP contribution < -0.4 is 15.4 Å². The summed E-state index contributed by atoms with van der Waals surface area (Å²) in [5.41, 5.74) is 2.41. The molecule has 0 bridgehead atoms. The maximum atomic E-state index is 13.7. The summed E-state index contributed by atoms with van der Waals surface area (Å²) in [5.74, 6) is -0.0863. The van der Waals surface area contributed by atoms with Gasteiger partial charge in [-0.3, -0.25) is 9.59 Å². The molecule has 0 aliphatic carbocycles. The molecule has 0 heterocycles. The van der Waals surface area contributed by atoms with Gasteiger partial charge in [-0.05, 0) is 89.4 Å². The van der Waals surface area contributed by atoms with Crippen molar-refractivity contribution in [1.82, 2.24) is 10.2 Å². The zero-order chi connectivity index (χ0) is 26.3. The molecule has 2 N–H and O–H groups in total. The molecule has 2 rings (SSSR count). The number of aryl methyl sites for hydroxylation is 2. The van der Waals surface area contributed by atoms with Gasteiger partial charge in [-0.15, -0.1) is 0 Å². The van der Waals surface area contributed by atoms with Crippen molar-refractivity contribution < 1.29 is 23.9 Å². The molecule has 8 nitrogen and oxygen atoms in total. The third-order valence-electron chi connectivity index (χ3n) is 5.33. The number of hydrogen-bond donors (Lipinski definition) is 2. The van der Waals surface area contributed by atoms with E-state index in [0.717, 1.165) is 16.7 Å². The SMILES string of the molecule is COc1ccc(NC(=O)C(c2c(C)cccc2C)N(C(=O)CNC(=O)OC(C)(C)C)C(C)C)cc1. The van der Waals surface area contributed by atoms with Gasteiger partial charge in [0.15, 0.2) is 0 Å². The second kappa shape index (κ2) is 11.7. The van der Waals surface area contributed by atoms with Crippen LogP contribution >= 0.6 is 0 Å². The van der Waals surface area contributed by atoms with Crippen LogP contribution in [0.3, 0.4) is 0 Å². The number of nitrogens with zero attached hydrogens (tertiary/aromatic N) is 1. The van der Waals surface area contributed by atoms with Gasteiger partial charge >= 0.3 is 6.09 Å². The zero-order valence-electron chi connectivity index (χ0n) is 21.9. The minimum absolute atomic E-state index is 0.301. The van der Waals surface area contributed by atoms with Gasteiger partial charge in [0.2, 0.25) is 5.91 Å². The number of carbonyl (C=O) groups excluding carboxylic acids is 3. The number of ether oxygens (including phenoxy) is 2. The van der Waals surface area contributed by atoms with Crippen molar-refractivity contribution in [2.24, 2.45) is 0 Å². The van der Waals surface area contributed by atoms with Gasteiger partial charge < -0.3 is 25.0 Å². The lowest BCUT2D eigenvalue weighted by Gasteiger charge is -2.36. The van der Waals surface area contributed by atoms with Crippen molar-refractivity contribution in [3.05, 3.63) is 59.2 Å². The fourth-order valence-electron chi connectivity index (χ4n) is 3.82. The van der Waals surface area contributed by atoms with Crippen molar-refractivity contribution in [2.75, 3.05) is 19.0 Å². The molecule has 190 valence electrons. The molecular formula is C27H37N3O5. The Morgan fingerprint density at radius 2 is 1.54 bits per heavy atom. The number of alkyl carbamates (subject to hydrolysis) is 1. The second-order valence-electron chi connectivity index (χ2n) is 9.68. The Bertz CT molecular complexity index is 1020. The van der Waals surface area contributed by atoms with E-state index in [2.05, 4.69) is 10.6 Å². The standard InChI is InChI=1S/C27H37N3O5/c1-17(2)30(22(31)16-28-26(33)35-27(5,6)7)24(23-18(3)10-9-11-19(23)4)25(32)29-20-12-14-21(34-8)15-13-20/h9-15,17,24H,16H2,1-8H3,(H,28,33)(H,29,32). The van der Waals surface area contributed by atoms with Gasteiger partial charge in [-0.25, -0.2) is 4.79 Å². The molecule has 0 saturated carbocycles. The highest BCUT2D eigenvalue weighted by atomic mass is 16.6. The Morgan fingerprint density at radius 1 is 0.971 bits per heavy atom. The quantitative estimate of drug-likeness (QED) is 0.565. The number of hydrogen-bond acceptors (Lipinski definition) is 5. The summed E-state index contributed by atoms with van der Waals surface area (Å²) in [4.78, 5) is 40.7. The molecule has 0 aromatic heterocycles. The second-order valence-corrected chi connectivity index (χ2v) is 9.68. The molecule has 0 spiro atoms. The van der Waals surface area contributed by atoms with Crippen LogP contribution in [0, 0.1) is 13.8 Å². The van der Waals surface area contributed by atoms with Crippen LogP contribution in [0.4, 0.5) is 10.5 Å². The molecular weight excluding hydrogens is 446 g/mol. The number of benzene rings is 2. The summed E-state index contributed by atoms with van der Waals surface area (Å²) in [6.45, 7) is 12.4. The third kappa shape index (κ3) is 7.73. The number of carbonyl (C=O) groups is 3. The van der Waals surface area contributed by atoms with Crippen LogP contribution in [0.1, 0.15) is 57.4 Å². The molecule has 2 aromatic carbocycles. The minimum atomic E-state index is -0.911. The van der Waals surface area contributed by atoms with E-state index in [1.54, 1.807) is 52.1 Å². The summed E-state index contributed by atoms with van der Waals surface area (Å²) in [7, 11) is 1.57. The van der Waals surface area contributed by atoms with E-state index in [-0.39, 0.29) is 18.5 Å². The van der Waals surface area contributed by atoms with Crippen LogP contribution in [-0.4, -0.2) is 48.1 Å². The van der Waals surface area contributed by atoms with E-state index < -0.39 is 23.6 Å². The molecule has 0 aliphatic heterocycles. The Labute approximate surface area is 208 Å². The summed E-state index contributed by atoms with van der Waals surface area (Å²) < 4.78 is 10.4. The number of nitrogens with one attached hydrogen (secondary N) is 2. The van der Waals surface area contributed by atoms with E-state index >= 15 is 0 Å². The highest BCUT2D eigenvalue weighted by Gasteiger charge is 2.35. The van der Waals surface area contributed by atoms with Crippen molar-refractivity contribution in [3.63, 3.8) is 0 Å². The van der Waals surface area contributed by atoms with Gasteiger partial charge in [-0.2, -0.15) is 0 Å². The first-order valence-corrected chi connectivity index (χ1v) is 11.6. The average molecular weight is 484 g/mol. The van der Waals surface area contributed by atoms with Crippen molar-refractivity contribution in [3.8, 4) is 5.75 Å². The van der Waals surface area contributed by atoms with Crippen LogP contribution in [0.2, 0.25) is 0 Å². The molecule has 0 saturated heterocycles. The van der Waals surface area contributed by atoms with Crippen LogP contribution in [-0.2, 0) is 14.3 Å². The lowest BCUT2D eigenvalue weighted by molar-refractivity contribution is -0.140. The first-order chi connectivity index (χ1) is 16.3. The molecule has 3 amide bonds. The topological polar surface area (TPSA) is 97.0 Å². The smallest absolute Gasteiger partial charge is 0.408 e. The summed E-state index contributed by atoms with van der Waals surface area (Å²) in [5, 5.41) is 5.45. The molecule has 8 heteroatoms. The van der Waals surface area contributed by atoms with Gasteiger partial charge in [0.1, 0.15) is 23.9 Å². The Morgan fingerprint density at radius 3 is 2.03 bits per heavy atom. The van der Waals surface area contributed by atoms with Crippen LogP contribution in [0.5, 0.6) is 5.75 Å². The van der Waals surface area contributed by atoms with Crippen molar-refractivity contribution in [1.29, 1.82) is 0 Å². The van der Waals surface area contributed by atoms with Crippen molar-refractivity contribution >= 4 is 23.6 Å². The zero-order valence-corrected chi connectivity index (χ0v) is 21.9. The van der Waals surface area contributed by atoms with E-state index in [0.29, 0.717) is 11.4 Å². The first-order valence-electron chi connectivity index (χ1n) is 11.6. The van der Waals surface area contributed by atoms with E-state index in [9.17, 15) is 14.4 Å². The molecule has 1 atom stereocenters. The Kier molecular flexibility index (Phi) is 9.28. The van der Waals surface area contributed by atoms with Crippen LogP contribution in [0.15, 0.2) is 42.5 Å². The van der Waals surface area contributed by atoms with Gasteiger partial charge in [0, 0.05) is 11.7 Å². The number of anilines is 1. The normalized spacial score (nSPS) is 12.0. The van der Waals surface area contributed by atoms with E-state index in [1.807, 2.05) is 45.9 Å². The molecule has 0 radical (unpaired) electrons. The molecule has 35 heavy (non-hydrogen) atoms. The fourth-order valence-corrected chi connectivity index (χ4v) is 3.82. The van der Waals surface area contributed by atoms with Gasteiger partial charge in [0.25, 0.3) is 5.91 Å². The summed E-state index contributed by atoms with van der Waals surface area (Å²) in [6.07, 6.45) is -0.694. The lowest BCUT2D eigenvalue weighted by atomic mass is 9.93. The molecule has 1 unspecified atom stereocenters. The van der Waals surface area contributed by atoms with Crippen molar-refractivity contribution in [2.45, 2.75) is 66.2 Å². The molecule has 0 aliphatic rings. The monoisotopic (exact) mass is 483 g/mol. The highest BCUT2D eigenvalue weighted by Crippen LogP contribution is 2.30. The van der Waals surface area contributed by atoms with Gasteiger partial charge in [-0.1, -0.05) is 18.2 Å². The van der Waals surface area contributed by atoms with E-state index in [4.69, 9.17) is 9.47 Å². The largest absolute Gasteiger partial charge is 0.497 e. The minimum Gasteiger partial charge on any atom is -0.497 e. The first kappa shape index (κ1) is 27.7. The third-order valence-corrected chi connectivity index (χ3v) is 5.33. The van der Waals surface area contributed by atoms with E-state index in [1.165, 1.54) is 4.90 Å².